The number of hydrogen-bond donors (Lipinski definition) is 1. The minimum absolute atomic E-state index is 0.185. The van der Waals surface area contributed by atoms with E-state index in [4.69, 9.17) is 0 Å². The lowest BCUT2D eigenvalue weighted by molar-refractivity contribution is -0.910. The molecule has 0 amide bonds. The van der Waals surface area contributed by atoms with Gasteiger partial charge in [0.25, 0.3) is 0 Å². The monoisotopic (exact) mass is 590 g/mol. The minimum atomic E-state index is -4.25. The van der Waals surface area contributed by atoms with Crippen molar-refractivity contribution < 1.29 is 17.5 Å². The maximum absolute atomic E-state index is 10.3. The first-order valence-electron chi connectivity index (χ1n) is 12.6. The molecule has 7 heteroatoms. The molecular formula is C26H43IN2O3S. The number of halogens is 1. The SMILES string of the molecule is CCCCCCCCCCCCCC[N+]1(CC#CI)CCNC1.O=S(=O)([O-])c1ccccc1. The van der Waals surface area contributed by atoms with Gasteiger partial charge in [-0.25, -0.2) is 8.42 Å². The number of nitrogens with one attached hydrogen (secondary N) is 1. The molecule has 2 rings (SSSR count). The largest absolute Gasteiger partial charge is 0.744 e. The van der Waals surface area contributed by atoms with Crippen molar-refractivity contribution in [2.45, 2.75) is 88.9 Å². The van der Waals surface area contributed by atoms with Crippen LogP contribution in [0.5, 0.6) is 0 Å². The Hall–Kier alpha value is -0.660. The van der Waals surface area contributed by atoms with Crippen molar-refractivity contribution in [2.24, 2.45) is 0 Å². The average Bonchev–Trinajstić information content (AvgIpc) is 3.28. The predicted octanol–water partition coefficient (Wildman–Crippen LogP) is 6.05. The first-order chi connectivity index (χ1) is 15.9. The van der Waals surface area contributed by atoms with Gasteiger partial charge in [-0.1, -0.05) is 89.3 Å². The van der Waals surface area contributed by atoms with Crippen LogP contribution in [-0.2, 0) is 10.1 Å². The molecule has 1 aromatic rings. The van der Waals surface area contributed by atoms with E-state index in [0.29, 0.717) is 0 Å². The van der Waals surface area contributed by atoms with Gasteiger partial charge in [-0.3, -0.25) is 5.32 Å². The number of hydrogen-bond acceptors (Lipinski definition) is 4. The summed E-state index contributed by atoms with van der Waals surface area (Å²) in [6.07, 6.45) is 17.2. The highest BCUT2D eigenvalue weighted by molar-refractivity contribution is 14.1. The lowest BCUT2D eigenvalue weighted by Gasteiger charge is -2.31. The summed E-state index contributed by atoms with van der Waals surface area (Å²) in [4.78, 5) is -0.185. The molecular weight excluding hydrogens is 547 g/mol. The Morgan fingerprint density at radius 2 is 1.48 bits per heavy atom. The molecule has 5 nitrogen and oxygen atoms in total. The summed E-state index contributed by atoms with van der Waals surface area (Å²) in [7, 11) is -4.25. The van der Waals surface area contributed by atoms with E-state index in [1.165, 1.54) is 125 Å². The molecule has 0 radical (unpaired) electrons. The van der Waals surface area contributed by atoms with E-state index in [0.717, 1.165) is 13.2 Å². The Kier molecular flexibility index (Phi) is 17.2. The van der Waals surface area contributed by atoms with Gasteiger partial charge in [0.05, 0.1) is 18.0 Å². The molecule has 1 fully saturated rings. The highest BCUT2D eigenvalue weighted by atomic mass is 127. The molecule has 33 heavy (non-hydrogen) atoms. The Morgan fingerprint density at radius 3 is 1.91 bits per heavy atom. The van der Waals surface area contributed by atoms with Crippen LogP contribution in [0.1, 0.15) is 84.0 Å². The van der Waals surface area contributed by atoms with E-state index in [1.54, 1.807) is 6.07 Å². The topological polar surface area (TPSA) is 69.2 Å². The van der Waals surface area contributed by atoms with Crippen LogP contribution in [0, 0.1) is 9.85 Å². The van der Waals surface area contributed by atoms with E-state index < -0.39 is 10.1 Å². The van der Waals surface area contributed by atoms with Crippen molar-refractivity contribution in [3.63, 3.8) is 0 Å². The summed E-state index contributed by atoms with van der Waals surface area (Å²) in [6.45, 7) is 8.21. The van der Waals surface area contributed by atoms with E-state index in [9.17, 15) is 13.0 Å². The zero-order valence-corrected chi connectivity index (χ0v) is 23.3. The fourth-order valence-electron chi connectivity index (χ4n) is 4.19. The maximum atomic E-state index is 10.3. The van der Waals surface area contributed by atoms with E-state index >= 15 is 0 Å². The van der Waals surface area contributed by atoms with Crippen molar-refractivity contribution in [3.8, 4) is 9.85 Å². The minimum Gasteiger partial charge on any atom is -0.744 e. The molecule has 1 atom stereocenters. The highest BCUT2D eigenvalue weighted by Crippen LogP contribution is 2.15. The van der Waals surface area contributed by atoms with Gasteiger partial charge in [0.15, 0.2) is 0 Å². The molecule has 1 aliphatic rings. The highest BCUT2D eigenvalue weighted by Gasteiger charge is 2.29. The molecule has 1 saturated heterocycles. The zero-order chi connectivity index (χ0) is 24.3. The first kappa shape index (κ1) is 30.4. The van der Waals surface area contributed by atoms with Crippen LogP contribution in [0.2, 0.25) is 0 Å². The number of rotatable bonds is 15. The van der Waals surface area contributed by atoms with Gasteiger partial charge in [-0.15, -0.1) is 0 Å². The lowest BCUT2D eigenvalue weighted by Crippen LogP contribution is -2.47. The number of quaternary nitrogens is 1. The van der Waals surface area contributed by atoms with Gasteiger partial charge in [-0.05, 0) is 34.8 Å². The van der Waals surface area contributed by atoms with Crippen LogP contribution >= 0.6 is 22.6 Å². The Balaban J connectivity index is 0.000000451. The van der Waals surface area contributed by atoms with Crippen LogP contribution in [-0.4, -0.2) is 50.3 Å². The van der Waals surface area contributed by atoms with E-state index in [2.05, 4.69) is 44.7 Å². The third-order valence-electron chi connectivity index (χ3n) is 6.21. The normalized spacial score (nSPS) is 17.7. The maximum Gasteiger partial charge on any atom is 0.142 e. The summed E-state index contributed by atoms with van der Waals surface area (Å²) in [6, 6.07) is 7.19. The summed E-state index contributed by atoms with van der Waals surface area (Å²) >= 11 is 2.16. The van der Waals surface area contributed by atoms with Crippen LogP contribution in [0.15, 0.2) is 35.2 Å². The van der Waals surface area contributed by atoms with Crippen LogP contribution in [0.4, 0.5) is 0 Å². The van der Waals surface area contributed by atoms with E-state index in [1.807, 2.05) is 0 Å². The standard InChI is InChI=1S/C20H38IN2.C6H6O3S/c1-2-3-4-5-6-7-8-9-10-11-12-13-17-23(18-14-15-21)19-16-22-20-23;7-10(8,9)6-4-2-1-3-5-6/h22H,2-13,16-20H2,1H3;1-5H,(H,7,8,9)/q+1;/p-1. The van der Waals surface area contributed by atoms with Crippen molar-refractivity contribution in [1.29, 1.82) is 0 Å². The fourth-order valence-corrected chi connectivity index (χ4v) is 4.85. The molecule has 0 spiro atoms. The molecule has 1 aromatic carbocycles. The van der Waals surface area contributed by atoms with Crippen LogP contribution in [0.3, 0.4) is 0 Å². The van der Waals surface area contributed by atoms with Crippen molar-refractivity contribution in [2.75, 3.05) is 32.8 Å². The molecule has 0 bridgehead atoms. The van der Waals surface area contributed by atoms with Gasteiger partial charge < -0.3 is 9.04 Å². The second-order valence-electron chi connectivity index (χ2n) is 9.03. The predicted molar refractivity (Wildman–Crippen MR) is 145 cm³/mol. The Bertz CT molecular complexity index is 770. The van der Waals surface area contributed by atoms with Crippen molar-refractivity contribution >= 4 is 32.7 Å². The molecule has 0 saturated carbocycles. The Morgan fingerprint density at radius 1 is 0.939 bits per heavy atom. The molecule has 0 aliphatic carbocycles. The summed E-state index contributed by atoms with van der Waals surface area (Å²) in [5.74, 6) is 3.29. The average molecular weight is 591 g/mol. The van der Waals surface area contributed by atoms with Crippen LogP contribution < -0.4 is 5.32 Å². The molecule has 1 heterocycles. The molecule has 1 unspecified atom stereocenters. The number of nitrogens with zero attached hydrogens (tertiary/aromatic N) is 1. The Labute approximate surface area is 216 Å². The first-order valence-corrected chi connectivity index (χ1v) is 15.1. The molecule has 0 aromatic heterocycles. The fraction of sp³-hybridized carbons (Fsp3) is 0.692. The van der Waals surface area contributed by atoms with Gasteiger partial charge >= 0.3 is 0 Å². The number of unbranched alkanes of at least 4 members (excludes halogenated alkanes) is 11. The second-order valence-corrected chi connectivity index (χ2v) is 11.0. The number of benzene rings is 1. The lowest BCUT2D eigenvalue weighted by atomic mass is 10.1. The zero-order valence-electron chi connectivity index (χ0n) is 20.4. The summed E-state index contributed by atoms with van der Waals surface area (Å²) in [5, 5.41) is 3.52. The van der Waals surface area contributed by atoms with Gasteiger partial charge in [0.2, 0.25) is 0 Å². The van der Waals surface area contributed by atoms with E-state index in [-0.39, 0.29) is 4.90 Å². The van der Waals surface area contributed by atoms with Gasteiger partial charge in [-0.2, -0.15) is 0 Å². The smallest absolute Gasteiger partial charge is 0.142 e. The summed E-state index contributed by atoms with van der Waals surface area (Å²) in [5.41, 5.74) is 0. The third-order valence-corrected chi connectivity index (χ3v) is 7.44. The molecule has 1 N–H and O–H groups in total. The van der Waals surface area contributed by atoms with Crippen molar-refractivity contribution in [1.82, 2.24) is 5.32 Å². The van der Waals surface area contributed by atoms with Crippen molar-refractivity contribution in [3.05, 3.63) is 30.3 Å². The molecule has 188 valence electrons. The third kappa shape index (κ3) is 15.0. The summed E-state index contributed by atoms with van der Waals surface area (Å²) < 4.78 is 35.1. The quantitative estimate of drug-likeness (QED) is 0.0888. The molecule has 1 aliphatic heterocycles. The van der Waals surface area contributed by atoms with Gasteiger partial charge in [0, 0.05) is 29.1 Å². The van der Waals surface area contributed by atoms with Crippen LogP contribution in [0.25, 0.3) is 0 Å². The second kappa shape index (κ2) is 18.6. The van der Waals surface area contributed by atoms with Gasteiger partial charge in [0.1, 0.15) is 23.3 Å².